The smallest absolute Gasteiger partial charge is 0 e. The van der Waals surface area contributed by atoms with Crippen LogP contribution in [0, 0.1) is 6.92 Å². The van der Waals surface area contributed by atoms with Crippen molar-refractivity contribution in [2.75, 3.05) is 0 Å². The van der Waals surface area contributed by atoms with Crippen molar-refractivity contribution < 1.29 is 36.5 Å². The van der Waals surface area contributed by atoms with E-state index in [9.17, 15) is 0 Å². The molecule has 0 spiro atoms. The maximum Gasteiger partial charge on any atom is 0 e. The monoisotopic (exact) mass is 184 g/mol. The molecule has 0 aliphatic carbocycles. The van der Waals surface area contributed by atoms with E-state index < -0.39 is 0 Å². The molecule has 0 bridgehead atoms. The van der Waals surface area contributed by atoms with E-state index in [1.807, 2.05) is 0 Å². The third-order valence-electron chi connectivity index (χ3n) is 0. The van der Waals surface area contributed by atoms with Crippen LogP contribution in [-0.2, 0) is 19.5 Å². The van der Waals surface area contributed by atoms with Gasteiger partial charge in [0.25, 0.3) is 0 Å². The second kappa shape index (κ2) is 21.1. The predicted molar refractivity (Wildman–Crippen MR) is 15.6 cm³/mol. The molecule has 0 aromatic carbocycles. The Kier molecular flexibility index (Phi) is 71.4. The Morgan fingerprint density at radius 1 is 1.40 bits per heavy atom. The normalized spacial score (nSPS) is 2.60. The zero-order valence-corrected chi connectivity index (χ0v) is 7.63. The predicted octanol–water partition coefficient (Wildman–Crippen LogP) is -1.99. The average molecular weight is 186 g/mol. The van der Waals surface area contributed by atoms with Gasteiger partial charge in [-0.1, -0.05) is 6.08 Å². The van der Waals surface area contributed by atoms with E-state index in [0.29, 0.717) is 0 Å². The molecular weight excluding hydrogens is 181 g/mol. The molecule has 0 aromatic rings. The van der Waals surface area contributed by atoms with Gasteiger partial charge < -0.3 is 17.0 Å². The largest absolute Gasteiger partial charge is 1.00 e. The standard InChI is InChI=1S/C3H5.BrH.Zn/c1-3-2;;/h3H,1-2H2;1H;/p-1. The Morgan fingerprint density at radius 3 is 1.40 bits per heavy atom. The van der Waals surface area contributed by atoms with Gasteiger partial charge in [0.05, 0.1) is 0 Å². The molecule has 0 rings (SSSR count). The molecule has 0 atom stereocenters. The van der Waals surface area contributed by atoms with Crippen LogP contribution in [0.1, 0.15) is 0 Å². The van der Waals surface area contributed by atoms with Gasteiger partial charge in [0.1, 0.15) is 0 Å². The summed E-state index contributed by atoms with van der Waals surface area (Å²) in [5, 5.41) is 0. The Bertz CT molecular complexity index is 14.4. The number of halogens is 1. The summed E-state index contributed by atoms with van der Waals surface area (Å²) in [7, 11) is 0. The van der Waals surface area contributed by atoms with Crippen LogP contribution in [0.5, 0.6) is 0 Å². The van der Waals surface area contributed by atoms with E-state index >= 15 is 0 Å². The first-order valence-electron chi connectivity index (χ1n) is 0.816. The van der Waals surface area contributed by atoms with Gasteiger partial charge in [0, 0.05) is 19.5 Å². The Balaban J connectivity index is -0.0000000200. The van der Waals surface area contributed by atoms with Crippen LogP contribution < -0.4 is 17.0 Å². The van der Waals surface area contributed by atoms with Gasteiger partial charge >= 0.3 is 0 Å². The Morgan fingerprint density at radius 2 is 1.40 bits per heavy atom. The van der Waals surface area contributed by atoms with Crippen LogP contribution in [0.2, 0.25) is 0 Å². The molecule has 0 N–H and O–H groups in total. The van der Waals surface area contributed by atoms with Gasteiger partial charge in [-0.3, -0.25) is 0 Å². The molecular formula is C3H5BrZn-. The van der Waals surface area contributed by atoms with E-state index in [4.69, 9.17) is 0 Å². The first-order valence-corrected chi connectivity index (χ1v) is 0.816. The summed E-state index contributed by atoms with van der Waals surface area (Å²) in [5.74, 6) is 0. The fourth-order valence-corrected chi connectivity index (χ4v) is 0. The van der Waals surface area contributed by atoms with Crippen LogP contribution in [0.3, 0.4) is 0 Å². The minimum atomic E-state index is 0. The van der Waals surface area contributed by atoms with Crippen molar-refractivity contribution in [3.05, 3.63) is 19.6 Å². The average Bonchev–Trinajstić information content (AvgIpc) is 0.918. The number of hydrogen-bond donors (Lipinski definition) is 0. The van der Waals surface area contributed by atoms with Crippen LogP contribution in [0.25, 0.3) is 0 Å². The maximum atomic E-state index is 3.25. The summed E-state index contributed by atoms with van der Waals surface area (Å²) >= 11 is 0. The Hall–Kier alpha value is 0.843. The molecule has 0 aliphatic rings. The van der Waals surface area contributed by atoms with Crippen LogP contribution in [0.4, 0.5) is 0 Å². The van der Waals surface area contributed by atoms with E-state index in [-0.39, 0.29) is 36.5 Å². The van der Waals surface area contributed by atoms with Gasteiger partial charge in [-0.15, -0.1) is 6.58 Å². The summed E-state index contributed by atoms with van der Waals surface area (Å²) < 4.78 is 0. The van der Waals surface area contributed by atoms with Crippen molar-refractivity contribution in [3.63, 3.8) is 0 Å². The molecule has 0 unspecified atom stereocenters. The zero-order chi connectivity index (χ0) is 2.71. The SMILES string of the molecule is [Br-].[CH2]C=C.[Zn]. The first-order chi connectivity index (χ1) is 1.41. The molecule has 1 radical (unpaired) electrons. The topological polar surface area (TPSA) is 0 Å². The molecule has 0 saturated carbocycles. The fraction of sp³-hybridized carbons (Fsp3) is 0. The Labute approximate surface area is 56.2 Å². The summed E-state index contributed by atoms with van der Waals surface area (Å²) in [4.78, 5) is 0. The quantitative estimate of drug-likeness (QED) is 0.384. The van der Waals surface area contributed by atoms with Crippen molar-refractivity contribution in [1.82, 2.24) is 0 Å². The summed E-state index contributed by atoms with van der Waals surface area (Å²) in [5.41, 5.74) is 0. The molecule has 0 aliphatic heterocycles. The van der Waals surface area contributed by atoms with Crippen LogP contribution in [-0.4, -0.2) is 0 Å². The van der Waals surface area contributed by atoms with Gasteiger partial charge in [-0.25, -0.2) is 0 Å². The molecule has 0 nitrogen and oxygen atoms in total. The van der Waals surface area contributed by atoms with Gasteiger partial charge in [0.15, 0.2) is 0 Å². The molecule has 5 heavy (non-hydrogen) atoms. The number of rotatable bonds is 0. The van der Waals surface area contributed by atoms with Gasteiger partial charge in [-0.05, 0) is 6.92 Å². The summed E-state index contributed by atoms with van der Waals surface area (Å²) in [6.07, 6.45) is 1.50. The molecule has 0 saturated heterocycles. The second-order valence-corrected chi connectivity index (χ2v) is 0.289. The van der Waals surface area contributed by atoms with E-state index in [2.05, 4.69) is 13.5 Å². The van der Waals surface area contributed by atoms with E-state index in [1.165, 1.54) is 6.08 Å². The van der Waals surface area contributed by atoms with Gasteiger partial charge in [0.2, 0.25) is 0 Å². The van der Waals surface area contributed by atoms with Crippen LogP contribution in [0.15, 0.2) is 12.7 Å². The van der Waals surface area contributed by atoms with Crippen molar-refractivity contribution in [2.24, 2.45) is 0 Å². The summed E-state index contributed by atoms with van der Waals surface area (Å²) in [6.45, 7) is 6.50. The van der Waals surface area contributed by atoms with Crippen molar-refractivity contribution in [2.45, 2.75) is 0 Å². The fourth-order valence-electron chi connectivity index (χ4n) is 0. The first kappa shape index (κ1) is 17.0. The van der Waals surface area contributed by atoms with Crippen LogP contribution >= 0.6 is 0 Å². The molecule has 0 amide bonds. The third-order valence-corrected chi connectivity index (χ3v) is 0. The van der Waals surface area contributed by atoms with Crippen molar-refractivity contribution >= 4 is 0 Å². The minimum absolute atomic E-state index is 0. The number of hydrogen-bond acceptors (Lipinski definition) is 0. The molecule has 2 heteroatoms. The van der Waals surface area contributed by atoms with E-state index in [1.54, 1.807) is 0 Å². The summed E-state index contributed by atoms with van der Waals surface area (Å²) in [6, 6.07) is 0. The van der Waals surface area contributed by atoms with E-state index in [0.717, 1.165) is 0 Å². The molecule has 0 aromatic heterocycles. The van der Waals surface area contributed by atoms with Gasteiger partial charge in [-0.2, -0.15) is 0 Å². The maximum absolute atomic E-state index is 3.25. The molecule has 27 valence electrons. The third kappa shape index (κ3) is 55.1. The zero-order valence-electron chi connectivity index (χ0n) is 3.08. The molecule has 0 fully saturated rings. The number of allylic oxidation sites excluding steroid dienone is 1. The van der Waals surface area contributed by atoms with Crippen molar-refractivity contribution in [3.8, 4) is 0 Å². The van der Waals surface area contributed by atoms with Crippen molar-refractivity contribution in [1.29, 1.82) is 0 Å². The minimum Gasteiger partial charge on any atom is -1.00 e. The second-order valence-electron chi connectivity index (χ2n) is 0.289. The molecule has 0 heterocycles.